The number of para-hydroxylation sites is 1. The molecule has 6 heteroatoms. The Labute approximate surface area is 122 Å². The van der Waals surface area contributed by atoms with Crippen molar-refractivity contribution in [3.63, 3.8) is 0 Å². The normalized spacial score (nSPS) is 11.2. The molecule has 0 N–H and O–H groups in total. The summed E-state index contributed by atoms with van der Waals surface area (Å²) in [5.41, 5.74) is 0.254. The number of ether oxygens (including phenoxy) is 3. The van der Waals surface area contributed by atoms with Crippen molar-refractivity contribution in [2.45, 2.75) is 27.1 Å². The Morgan fingerprint density at radius 2 is 1.71 bits per heavy atom. The van der Waals surface area contributed by atoms with Gasteiger partial charge in [0.05, 0.1) is 0 Å². The van der Waals surface area contributed by atoms with Gasteiger partial charge < -0.3 is 14.2 Å². The lowest BCUT2D eigenvalue weighted by Crippen LogP contribution is -2.22. The van der Waals surface area contributed by atoms with E-state index in [1.807, 2.05) is 0 Å². The number of carbonyl (C=O) groups excluding carboxylic acids is 3. The lowest BCUT2D eigenvalue weighted by atomic mass is 10.2. The molecule has 1 atom stereocenters. The van der Waals surface area contributed by atoms with Gasteiger partial charge in [-0.1, -0.05) is 18.7 Å². The summed E-state index contributed by atoms with van der Waals surface area (Å²) in [5, 5.41) is 0. The molecule has 0 aliphatic carbocycles. The molecule has 1 aromatic carbocycles. The second-order valence-electron chi connectivity index (χ2n) is 4.25. The monoisotopic (exact) mass is 292 g/mol. The highest BCUT2D eigenvalue weighted by Crippen LogP contribution is 2.20. The molecule has 6 nitrogen and oxygen atoms in total. The fraction of sp³-hybridized carbons (Fsp3) is 0.267. The van der Waals surface area contributed by atoms with E-state index in [9.17, 15) is 14.4 Å². The Kier molecular flexibility index (Phi) is 5.66. The van der Waals surface area contributed by atoms with E-state index in [2.05, 4.69) is 6.58 Å². The minimum atomic E-state index is -1.09. The summed E-state index contributed by atoms with van der Waals surface area (Å²) in [4.78, 5) is 34.3. The van der Waals surface area contributed by atoms with E-state index < -0.39 is 24.2 Å². The largest absolute Gasteiger partial charge is 0.426 e. The van der Waals surface area contributed by atoms with Crippen molar-refractivity contribution >= 4 is 17.9 Å². The van der Waals surface area contributed by atoms with Crippen LogP contribution in [-0.2, 0) is 19.1 Å². The van der Waals surface area contributed by atoms with Crippen LogP contribution in [0.2, 0.25) is 0 Å². The topological polar surface area (TPSA) is 78.9 Å². The molecule has 0 fully saturated rings. The van der Waals surface area contributed by atoms with Crippen LogP contribution in [0.4, 0.5) is 0 Å². The van der Waals surface area contributed by atoms with E-state index in [-0.39, 0.29) is 16.9 Å². The van der Waals surface area contributed by atoms with Crippen LogP contribution in [0.1, 0.15) is 31.1 Å². The van der Waals surface area contributed by atoms with Gasteiger partial charge in [-0.2, -0.15) is 0 Å². The molecule has 0 amide bonds. The number of benzene rings is 1. The number of hydrogen-bond acceptors (Lipinski definition) is 6. The van der Waals surface area contributed by atoms with Crippen molar-refractivity contribution in [2.75, 3.05) is 0 Å². The summed E-state index contributed by atoms with van der Waals surface area (Å²) in [6, 6.07) is 6.10. The van der Waals surface area contributed by atoms with Gasteiger partial charge in [-0.05, 0) is 19.1 Å². The van der Waals surface area contributed by atoms with E-state index in [4.69, 9.17) is 14.2 Å². The van der Waals surface area contributed by atoms with Crippen molar-refractivity contribution < 1.29 is 28.6 Å². The highest BCUT2D eigenvalue weighted by molar-refractivity contribution is 5.93. The zero-order valence-corrected chi connectivity index (χ0v) is 12.0. The highest BCUT2D eigenvalue weighted by atomic mass is 16.7. The number of rotatable bonds is 5. The molecule has 112 valence electrons. The third kappa shape index (κ3) is 5.10. The number of esters is 3. The molecule has 1 unspecified atom stereocenters. The van der Waals surface area contributed by atoms with Crippen LogP contribution in [0.15, 0.2) is 36.4 Å². The molecule has 0 bridgehead atoms. The SMILES string of the molecule is C=C(C)C(=O)OC(C)OC(=O)c1ccccc1OC(C)=O. The van der Waals surface area contributed by atoms with Gasteiger partial charge in [0, 0.05) is 19.4 Å². The maximum Gasteiger partial charge on any atom is 0.345 e. The molecule has 0 aromatic heterocycles. The zero-order chi connectivity index (χ0) is 16.0. The van der Waals surface area contributed by atoms with Crippen LogP contribution in [0.5, 0.6) is 5.75 Å². The predicted molar refractivity (Wildman–Crippen MR) is 73.5 cm³/mol. The minimum absolute atomic E-state index is 0.0610. The van der Waals surface area contributed by atoms with Gasteiger partial charge in [0.2, 0.25) is 6.29 Å². The lowest BCUT2D eigenvalue weighted by molar-refractivity contribution is -0.160. The third-order valence-electron chi connectivity index (χ3n) is 2.26. The molecule has 0 aliphatic rings. The second-order valence-corrected chi connectivity index (χ2v) is 4.25. The van der Waals surface area contributed by atoms with Crippen LogP contribution >= 0.6 is 0 Å². The molecule has 0 spiro atoms. The van der Waals surface area contributed by atoms with Gasteiger partial charge in [0.15, 0.2) is 0 Å². The van der Waals surface area contributed by atoms with Crippen LogP contribution in [0.25, 0.3) is 0 Å². The van der Waals surface area contributed by atoms with Gasteiger partial charge in [0.1, 0.15) is 11.3 Å². The summed E-state index contributed by atoms with van der Waals surface area (Å²) in [6.07, 6.45) is -1.09. The Bertz CT molecular complexity index is 575. The quantitative estimate of drug-likeness (QED) is 0.358. The Morgan fingerprint density at radius 1 is 1.10 bits per heavy atom. The molecular formula is C15H16O6. The molecule has 0 radical (unpaired) electrons. The van der Waals surface area contributed by atoms with E-state index in [0.717, 1.165) is 0 Å². The first kappa shape index (κ1) is 16.4. The summed E-state index contributed by atoms with van der Waals surface area (Å²) >= 11 is 0. The van der Waals surface area contributed by atoms with Gasteiger partial charge in [0.25, 0.3) is 0 Å². The maximum atomic E-state index is 12.0. The van der Waals surface area contributed by atoms with E-state index in [0.29, 0.717) is 0 Å². The van der Waals surface area contributed by atoms with Crippen molar-refractivity contribution in [1.82, 2.24) is 0 Å². The first-order chi connectivity index (χ1) is 9.81. The van der Waals surface area contributed by atoms with Crippen molar-refractivity contribution in [1.29, 1.82) is 0 Å². The standard InChI is InChI=1S/C15H16O6/c1-9(2)14(17)20-11(4)21-15(18)12-7-5-6-8-13(12)19-10(3)16/h5-8,11H,1H2,2-4H3. The molecule has 21 heavy (non-hydrogen) atoms. The highest BCUT2D eigenvalue weighted by Gasteiger charge is 2.19. The Balaban J connectivity index is 2.78. The van der Waals surface area contributed by atoms with Crippen molar-refractivity contribution in [3.8, 4) is 5.75 Å². The molecule has 0 heterocycles. The lowest BCUT2D eigenvalue weighted by Gasteiger charge is -2.15. The van der Waals surface area contributed by atoms with Gasteiger partial charge in [-0.15, -0.1) is 0 Å². The van der Waals surface area contributed by atoms with Gasteiger partial charge in [-0.25, -0.2) is 9.59 Å². The summed E-state index contributed by atoms with van der Waals surface area (Å²) < 4.78 is 14.7. The fourth-order valence-corrected chi connectivity index (χ4v) is 1.37. The number of carbonyl (C=O) groups is 3. The molecular weight excluding hydrogens is 276 g/mol. The summed E-state index contributed by atoms with van der Waals surface area (Å²) in [6.45, 7) is 7.52. The van der Waals surface area contributed by atoms with Gasteiger partial charge >= 0.3 is 17.9 Å². The van der Waals surface area contributed by atoms with Crippen molar-refractivity contribution in [2.24, 2.45) is 0 Å². The van der Waals surface area contributed by atoms with Crippen molar-refractivity contribution in [3.05, 3.63) is 42.0 Å². The maximum absolute atomic E-state index is 12.0. The smallest absolute Gasteiger partial charge is 0.345 e. The first-order valence-corrected chi connectivity index (χ1v) is 6.16. The Morgan fingerprint density at radius 3 is 2.29 bits per heavy atom. The van der Waals surface area contributed by atoms with Crippen LogP contribution < -0.4 is 4.74 Å². The molecule has 0 aliphatic heterocycles. The van der Waals surface area contributed by atoms with E-state index in [1.165, 1.54) is 32.9 Å². The van der Waals surface area contributed by atoms with Crippen LogP contribution in [0, 0.1) is 0 Å². The average molecular weight is 292 g/mol. The fourth-order valence-electron chi connectivity index (χ4n) is 1.37. The minimum Gasteiger partial charge on any atom is -0.426 e. The van der Waals surface area contributed by atoms with Crippen LogP contribution in [-0.4, -0.2) is 24.2 Å². The molecule has 1 aromatic rings. The van der Waals surface area contributed by atoms with E-state index in [1.54, 1.807) is 12.1 Å². The molecule has 0 saturated heterocycles. The summed E-state index contributed by atoms with van der Waals surface area (Å²) in [7, 11) is 0. The van der Waals surface area contributed by atoms with Gasteiger partial charge in [-0.3, -0.25) is 4.79 Å². The number of hydrogen-bond donors (Lipinski definition) is 0. The van der Waals surface area contributed by atoms with E-state index >= 15 is 0 Å². The average Bonchev–Trinajstić information content (AvgIpc) is 2.38. The Hall–Kier alpha value is -2.63. The summed E-state index contributed by atoms with van der Waals surface area (Å²) in [5.74, 6) is -1.91. The molecule has 0 saturated carbocycles. The van der Waals surface area contributed by atoms with Crippen LogP contribution in [0.3, 0.4) is 0 Å². The zero-order valence-electron chi connectivity index (χ0n) is 12.0. The molecule has 1 rings (SSSR count). The first-order valence-electron chi connectivity index (χ1n) is 6.16. The second kappa shape index (κ2) is 7.23. The third-order valence-corrected chi connectivity index (χ3v) is 2.26. The predicted octanol–water partition coefficient (Wildman–Crippen LogP) is 2.23.